The number of hydrogen-bond donors (Lipinski definition) is 2. The second-order valence-electron chi connectivity index (χ2n) is 11.5. The standard InChI is InChI=1S/C36H44N2O4S/c1-4-5-20-42-30-18-16-28(17-19-30)23-32(37-33(39)24-27-12-8-6-9-13-27)35-38-31(22-25(2)21-26(3)36(40)41)34(43-35)29-14-10-7-11-15-29/h7,10-11,14-19,21-22,27,32H,4-6,8-9,12-13,20,23-24H2,1-3H3,(H,37,39)(H,40,41)/b25-22+,26-21-/t32-/m0/s1. The fourth-order valence-electron chi connectivity index (χ4n) is 5.45. The first kappa shape index (κ1) is 32.2. The molecule has 1 fully saturated rings. The highest BCUT2D eigenvalue weighted by molar-refractivity contribution is 7.15. The van der Waals surface area contributed by atoms with Gasteiger partial charge in [-0.05, 0) is 86.4 Å². The van der Waals surface area contributed by atoms with E-state index in [1.54, 1.807) is 24.3 Å². The van der Waals surface area contributed by atoms with Crippen molar-refractivity contribution in [1.29, 1.82) is 0 Å². The van der Waals surface area contributed by atoms with Crippen LogP contribution in [0.3, 0.4) is 0 Å². The van der Waals surface area contributed by atoms with E-state index in [0.29, 0.717) is 25.4 Å². The number of amides is 1. The van der Waals surface area contributed by atoms with Gasteiger partial charge in [0.1, 0.15) is 10.8 Å². The van der Waals surface area contributed by atoms with E-state index in [0.717, 1.165) is 63.7 Å². The van der Waals surface area contributed by atoms with Crippen molar-refractivity contribution in [2.45, 2.75) is 84.6 Å². The molecular formula is C36H44N2O4S. The highest BCUT2D eigenvalue weighted by Gasteiger charge is 2.24. The quantitative estimate of drug-likeness (QED) is 0.110. The summed E-state index contributed by atoms with van der Waals surface area (Å²) in [5.41, 5.74) is 3.95. The third-order valence-corrected chi connectivity index (χ3v) is 9.05. The van der Waals surface area contributed by atoms with Crippen molar-refractivity contribution in [3.8, 4) is 16.2 Å². The predicted octanol–water partition coefficient (Wildman–Crippen LogP) is 8.79. The first-order chi connectivity index (χ1) is 20.8. The van der Waals surface area contributed by atoms with Crippen LogP contribution >= 0.6 is 11.3 Å². The normalized spacial score (nSPS) is 15.2. The van der Waals surface area contributed by atoms with Gasteiger partial charge in [0.2, 0.25) is 5.91 Å². The molecule has 2 N–H and O–H groups in total. The summed E-state index contributed by atoms with van der Waals surface area (Å²) < 4.78 is 5.86. The monoisotopic (exact) mass is 600 g/mol. The molecule has 1 atom stereocenters. The number of carbonyl (C=O) groups is 2. The fourth-order valence-corrected chi connectivity index (χ4v) is 6.55. The summed E-state index contributed by atoms with van der Waals surface area (Å²) in [4.78, 5) is 30.9. The number of nitrogens with one attached hydrogen (secondary N) is 1. The lowest BCUT2D eigenvalue weighted by atomic mass is 9.87. The Labute approximate surface area is 259 Å². The van der Waals surface area contributed by atoms with Crippen LogP contribution in [0.25, 0.3) is 16.5 Å². The number of unbranched alkanes of at least 4 members (excludes halogenated alkanes) is 1. The summed E-state index contributed by atoms with van der Waals surface area (Å²) in [6, 6.07) is 17.9. The third kappa shape index (κ3) is 9.92. The molecule has 0 saturated heterocycles. The van der Waals surface area contributed by atoms with Crippen LogP contribution in [-0.4, -0.2) is 28.6 Å². The molecular weight excluding hydrogens is 556 g/mol. The minimum Gasteiger partial charge on any atom is -0.494 e. The summed E-state index contributed by atoms with van der Waals surface area (Å²) in [7, 11) is 0. The molecule has 1 aliphatic carbocycles. The third-order valence-electron chi connectivity index (χ3n) is 7.81. The fraction of sp³-hybridized carbons (Fsp3) is 0.417. The van der Waals surface area contributed by atoms with E-state index in [9.17, 15) is 14.7 Å². The van der Waals surface area contributed by atoms with E-state index in [2.05, 4.69) is 36.5 Å². The average molecular weight is 601 g/mol. The molecule has 1 amide bonds. The van der Waals surface area contributed by atoms with Gasteiger partial charge in [-0.15, -0.1) is 11.3 Å². The van der Waals surface area contributed by atoms with Gasteiger partial charge >= 0.3 is 5.97 Å². The Hall–Kier alpha value is -3.71. The van der Waals surface area contributed by atoms with E-state index < -0.39 is 5.97 Å². The zero-order valence-corrected chi connectivity index (χ0v) is 26.4. The summed E-state index contributed by atoms with van der Waals surface area (Å²) in [5.74, 6) is 0.414. The number of rotatable bonds is 14. The molecule has 4 rings (SSSR count). The minimum atomic E-state index is -0.947. The molecule has 3 aromatic rings. The Morgan fingerprint density at radius 3 is 2.47 bits per heavy atom. The van der Waals surface area contributed by atoms with Crippen molar-refractivity contribution in [3.05, 3.63) is 88.1 Å². The molecule has 1 heterocycles. The maximum atomic E-state index is 13.4. The summed E-state index contributed by atoms with van der Waals surface area (Å²) in [5, 5.41) is 13.5. The van der Waals surface area contributed by atoms with Crippen LogP contribution in [-0.2, 0) is 16.0 Å². The first-order valence-electron chi connectivity index (χ1n) is 15.5. The topological polar surface area (TPSA) is 88.5 Å². The molecule has 43 heavy (non-hydrogen) atoms. The number of aliphatic carboxylic acids is 1. The number of aromatic nitrogens is 1. The van der Waals surface area contributed by atoms with Gasteiger partial charge in [-0.2, -0.15) is 0 Å². The van der Waals surface area contributed by atoms with Gasteiger partial charge in [0.15, 0.2) is 0 Å². The Morgan fingerprint density at radius 1 is 1.07 bits per heavy atom. The van der Waals surface area contributed by atoms with Crippen LogP contribution in [0.1, 0.15) is 94.4 Å². The van der Waals surface area contributed by atoms with Crippen molar-refractivity contribution < 1.29 is 19.4 Å². The van der Waals surface area contributed by atoms with Crippen molar-refractivity contribution in [2.75, 3.05) is 6.61 Å². The van der Waals surface area contributed by atoms with E-state index in [1.165, 1.54) is 19.3 Å². The van der Waals surface area contributed by atoms with Crippen LogP contribution in [0.5, 0.6) is 5.75 Å². The van der Waals surface area contributed by atoms with Gasteiger partial charge in [-0.3, -0.25) is 4.79 Å². The maximum Gasteiger partial charge on any atom is 0.331 e. The largest absolute Gasteiger partial charge is 0.494 e. The molecule has 0 aliphatic heterocycles. The maximum absolute atomic E-state index is 13.4. The number of thiazole rings is 1. The second-order valence-corrected chi connectivity index (χ2v) is 12.6. The van der Waals surface area contributed by atoms with Crippen LogP contribution in [0.15, 0.2) is 71.8 Å². The van der Waals surface area contributed by atoms with Crippen molar-refractivity contribution in [1.82, 2.24) is 10.3 Å². The number of carboxylic acids is 1. The number of nitrogens with zero attached hydrogens (tertiary/aromatic N) is 1. The number of allylic oxidation sites excluding steroid dienone is 2. The van der Waals surface area contributed by atoms with Crippen LogP contribution in [0, 0.1) is 5.92 Å². The first-order valence-corrected chi connectivity index (χ1v) is 16.3. The minimum absolute atomic E-state index is 0.0705. The van der Waals surface area contributed by atoms with E-state index in [1.807, 2.05) is 43.3 Å². The van der Waals surface area contributed by atoms with Gasteiger partial charge in [-0.25, -0.2) is 9.78 Å². The molecule has 228 valence electrons. The van der Waals surface area contributed by atoms with Crippen molar-refractivity contribution in [2.24, 2.45) is 5.92 Å². The zero-order valence-electron chi connectivity index (χ0n) is 25.6. The Bertz CT molecular complexity index is 1400. The molecule has 1 saturated carbocycles. The molecule has 2 aromatic carbocycles. The molecule has 0 unspecified atom stereocenters. The molecule has 6 nitrogen and oxygen atoms in total. The molecule has 7 heteroatoms. The Balaban J connectivity index is 1.66. The van der Waals surface area contributed by atoms with E-state index >= 15 is 0 Å². The number of benzene rings is 2. The number of ether oxygens (including phenoxy) is 1. The van der Waals surface area contributed by atoms with E-state index in [-0.39, 0.29) is 17.5 Å². The zero-order chi connectivity index (χ0) is 30.6. The van der Waals surface area contributed by atoms with Crippen molar-refractivity contribution in [3.63, 3.8) is 0 Å². The lowest BCUT2D eigenvalue weighted by molar-refractivity contribution is -0.132. The van der Waals surface area contributed by atoms with Crippen LogP contribution in [0.4, 0.5) is 0 Å². The molecule has 1 aromatic heterocycles. The second kappa shape index (κ2) is 16.2. The van der Waals surface area contributed by atoms with Crippen LogP contribution in [0.2, 0.25) is 0 Å². The highest BCUT2D eigenvalue weighted by Crippen LogP contribution is 2.36. The highest BCUT2D eigenvalue weighted by atomic mass is 32.1. The number of carbonyl (C=O) groups excluding carboxylic acids is 1. The SMILES string of the molecule is CCCCOc1ccc(C[C@H](NC(=O)CC2CCCCC2)c2nc(/C=C(C)/C=C(/C)C(=O)O)c(-c3ccccc3)s2)cc1. The molecule has 1 aliphatic rings. The Morgan fingerprint density at radius 2 is 1.79 bits per heavy atom. The van der Waals surface area contributed by atoms with Crippen molar-refractivity contribution >= 4 is 29.3 Å². The smallest absolute Gasteiger partial charge is 0.331 e. The summed E-state index contributed by atoms with van der Waals surface area (Å²) in [6.07, 6.45) is 12.7. The molecule has 0 spiro atoms. The molecule has 0 bridgehead atoms. The van der Waals surface area contributed by atoms with E-state index in [4.69, 9.17) is 9.72 Å². The average Bonchev–Trinajstić information content (AvgIpc) is 3.42. The summed E-state index contributed by atoms with van der Waals surface area (Å²) >= 11 is 1.58. The van der Waals surface area contributed by atoms with Crippen LogP contribution < -0.4 is 10.1 Å². The lowest BCUT2D eigenvalue weighted by Gasteiger charge is -2.23. The number of carboxylic acid groups (broad SMARTS) is 1. The van der Waals surface area contributed by atoms with Gasteiger partial charge in [0.25, 0.3) is 0 Å². The summed E-state index contributed by atoms with van der Waals surface area (Å²) in [6.45, 7) is 6.32. The lowest BCUT2D eigenvalue weighted by Crippen LogP contribution is -2.31. The van der Waals surface area contributed by atoms with Gasteiger partial charge in [-0.1, -0.05) is 75.1 Å². The number of hydrogen-bond acceptors (Lipinski definition) is 5. The Kier molecular flexibility index (Phi) is 12.2. The van der Waals surface area contributed by atoms with Gasteiger partial charge < -0.3 is 15.2 Å². The van der Waals surface area contributed by atoms with Gasteiger partial charge in [0.05, 0.1) is 23.2 Å². The predicted molar refractivity (Wildman–Crippen MR) is 175 cm³/mol. The van der Waals surface area contributed by atoms with Gasteiger partial charge in [0, 0.05) is 12.0 Å². The molecule has 0 radical (unpaired) electrons.